The van der Waals surface area contributed by atoms with E-state index < -0.39 is 11.6 Å². The summed E-state index contributed by atoms with van der Waals surface area (Å²) in [5, 5.41) is 5.52. The average molecular weight is 415 g/mol. The summed E-state index contributed by atoms with van der Waals surface area (Å²) in [5.41, 5.74) is 2.25. The number of piperidine rings is 1. The van der Waals surface area contributed by atoms with Gasteiger partial charge >= 0.3 is 6.03 Å². The third-order valence-corrected chi connectivity index (χ3v) is 5.34. The molecule has 2 aromatic rings. The molecule has 0 bridgehead atoms. The first-order valence-electron chi connectivity index (χ1n) is 10.2. The van der Waals surface area contributed by atoms with Crippen LogP contribution in [0.25, 0.3) is 0 Å². The molecule has 3 amide bonds. The monoisotopic (exact) mass is 415 g/mol. The molecular weight excluding hydrogens is 388 g/mol. The first kappa shape index (κ1) is 21.7. The van der Waals surface area contributed by atoms with E-state index in [1.54, 1.807) is 4.90 Å². The van der Waals surface area contributed by atoms with E-state index in [1.807, 2.05) is 31.2 Å². The molecule has 1 aliphatic rings. The maximum atomic E-state index is 13.3. The van der Waals surface area contributed by atoms with Crippen LogP contribution in [0, 0.1) is 24.5 Å². The Morgan fingerprint density at radius 3 is 2.43 bits per heavy atom. The summed E-state index contributed by atoms with van der Waals surface area (Å²) in [7, 11) is 0. The SMILES string of the molecule is Cc1cccc(CC(=O)NCCC2CCN(C(=O)Nc3cc(F)cc(F)c3)CC2)c1. The molecule has 1 saturated heterocycles. The van der Waals surface area contributed by atoms with Gasteiger partial charge < -0.3 is 15.5 Å². The largest absolute Gasteiger partial charge is 0.356 e. The maximum absolute atomic E-state index is 13.3. The van der Waals surface area contributed by atoms with Crippen molar-refractivity contribution in [1.82, 2.24) is 10.2 Å². The van der Waals surface area contributed by atoms with E-state index in [4.69, 9.17) is 0 Å². The van der Waals surface area contributed by atoms with E-state index in [1.165, 1.54) is 0 Å². The van der Waals surface area contributed by atoms with E-state index in [0.29, 0.717) is 32.0 Å². The minimum Gasteiger partial charge on any atom is -0.356 e. The Morgan fingerprint density at radius 1 is 1.07 bits per heavy atom. The van der Waals surface area contributed by atoms with Gasteiger partial charge in [0.1, 0.15) is 11.6 Å². The summed E-state index contributed by atoms with van der Waals surface area (Å²) < 4.78 is 26.5. The zero-order chi connectivity index (χ0) is 21.5. The number of likely N-dealkylation sites (tertiary alicyclic amines) is 1. The van der Waals surface area contributed by atoms with Crippen LogP contribution in [-0.2, 0) is 11.2 Å². The number of urea groups is 1. The second-order valence-corrected chi connectivity index (χ2v) is 7.82. The van der Waals surface area contributed by atoms with Crippen LogP contribution in [0.1, 0.15) is 30.4 Å². The predicted molar refractivity (Wildman–Crippen MR) is 112 cm³/mol. The molecule has 0 atom stereocenters. The van der Waals surface area contributed by atoms with Gasteiger partial charge in [0.15, 0.2) is 0 Å². The minimum absolute atomic E-state index is 0.0136. The van der Waals surface area contributed by atoms with Crippen molar-refractivity contribution in [3.63, 3.8) is 0 Å². The van der Waals surface area contributed by atoms with Crippen molar-refractivity contribution < 1.29 is 18.4 Å². The summed E-state index contributed by atoms with van der Waals surface area (Å²) in [6.07, 6.45) is 2.91. The molecule has 2 aromatic carbocycles. The molecule has 0 radical (unpaired) electrons. The molecule has 7 heteroatoms. The predicted octanol–water partition coefficient (Wildman–Crippen LogP) is 4.27. The lowest BCUT2D eigenvalue weighted by molar-refractivity contribution is -0.120. The van der Waals surface area contributed by atoms with Crippen LogP contribution in [-0.4, -0.2) is 36.5 Å². The fourth-order valence-electron chi connectivity index (χ4n) is 3.74. The van der Waals surface area contributed by atoms with Crippen molar-refractivity contribution in [2.24, 2.45) is 5.92 Å². The van der Waals surface area contributed by atoms with Gasteiger partial charge in [-0.25, -0.2) is 13.6 Å². The van der Waals surface area contributed by atoms with Gasteiger partial charge in [0.2, 0.25) is 5.91 Å². The van der Waals surface area contributed by atoms with Crippen LogP contribution in [0.4, 0.5) is 19.3 Å². The molecular formula is C23H27F2N3O2. The molecule has 30 heavy (non-hydrogen) atoms. The first-order valence-corrected chi connectivity index (χ1v) is 10.2. The number of benzene rings is 2. The molecule has 1 heterocycles. The molecule has 0 spiro atoms. The van der Waals surface area contributed by atoms with Crippen LogP contribution >= 0.6 is 0 Å². The van der Waals surface area contributed by atoms with Gasteiger partial charge in [0.05, 0.1) is 6.42 Å². The maximum Gasteiger partial charge on any atom is 0.321 e. The van der Waals surface area contributed by atoms with E-state index in [-0.39, 0.29) is 17.6 Å². The van der Waals surface area contributed by atoms with Gasteiger partial charge in [0, 0.05) is 31.4 Å². The summed E-state index contributed by atoms with van der Waals surface area (Å²) >= 11 is 0. The Hall–Kier alpha value is -2.96. The highest BCUT2D eigenvalue weighted by Crippen LogP contribution is 2.21. The highest BCUT2D eigenvalue weighted by atomic mass is 19.1. The highest BCUT2D eigenvalue weighted by Gasteiger charge is 2.23. The summed E-state index contributed by atoms with van der Waals surface area (Å²) in [6.45, 7) is 3.77. The molecule has 1 fully saturated rings. The Labute approximate surface area is 175 Å². The van der Waals surface area contributed by atoms with Crippen LogP contribution < -0.4 is 10.6 Å². The number of halogens is 2. The van der Waals surface area contributed by atoms with Crippen LogP contribution in [0.2, 0.25) is 0 Å². The number of nitrogens with zero attached hydrogens (tertiary/aromatic N) is 1. The number of carbonyl (C=O) groups is 2. The van der Waals surface area contributed by atoms with E-state index in [2.05, 4.69) is 10.6 Å². The van der Waals surface area contributed by atoms with Gasteiger partial charge in [-0.1, -0.05) is 29.8 Å². The van der Waals surface area contributed by atoms with Crippen LogP contribution in [0.15, 0.2) is 42.5 Å². The third kappa shape index (κ3) is 6.54. The molecule has 3 rings (SSSR count). The standard InChI is InChI=1S/C23H27F2N3O2/c1-16-3-2-4-18(11-16)12-22(29)26-8-5-17-6-9-28(10-7-17)23(30)27-21-14-19(24)13-20(25)15-21/h2-4,11,13-15,17H,5-10,12H2,1H3,(H,26,29)(H,27,30). The Morgan fingerprint density at radius 2 is 1.77 bits per heavy atom. The Bertz CT molecular complexity index is 876. The summed E-state index contributed by atoms with van der Waals surface area (Å²) in [4.78, 5) is 26.1. The number of hydrogen-bond donors (Lipinski definition) is 2. The third-order valence-electron chi connectivity index (χ3n) is 5.34. The van der Waals surface area contributed by atoms with Crippen molar-refractivity contribution in [3.05, 3.63) is 65.2 Å². The van der Waals surface area contributed by atoms with Crippen LogP contribution in [0.3, 0.4) is 0 Å². The number of carbonyl (C=O) groups excluding carboxylic acids is 2. The highest BCUT2D eigenvalue weighted by molar-refractivity contribution is 5.89. The Kier molecular flexibility index (Phi) is 7.38. The molecule has 160 valence electrons. The zero-order valence-electron chi connectivity index (χ0n) is 17.1. The van der Waals surface area contributed by atoms with E-state index >= 15 is 0 Å². The molecule has 2 N–H and O–H groups in total. The second kappa shape index (κ2) is 10.2. The molecule has 0 unspecified atom stereocenters. The van der Waals surface area contributed by atoms with Gasteiger partial charge in [-0.05, 0) is 49.8 Å². The number of amides is 3. The minimum atomic E-state index is -0.728. The molecule has 1 aliphatic heterocycles. The van der Waals surface area contributed by atoms with Crippen LogP contribution in [0.5, 0.6) is 0 Å². The molecule has 0 aromatic heterocycles. The van der Waals surface area contributed by atoms with Gasteiger partial charge in [-0.2, -0.15) is 0 Å². The quantitative estimate of drug-likeness (QED) is 0.740. The number of anilines is 1. The van der Waals surface area contributed by atoms with Crippen molar-refractivity contribution in [3.8, 4) is 0 Å². The van der Waals surface area contributed by atoms with Gasteiger partial charge in [0.25, 0.3) is 0 Å². The zero-order valence-corrected chi connectivity index (χ0v) is 17.1. The van der Waals surface area contributed by atoms with Gasteiger partial charge in [-0.15, -0.1) is 0 Å². The lowest BCUT2D eigenvalue weighted by atomic mass is 9.93. The lowest BCUT2D eigenvalue weighted by Crippen LogP contribution is -2.41. The Balaban J connectivity index is 1.36. The molecule has 0 saturated carbocycles. The normalized spacial score (nSPS) is 14.4. The summed E-state index contributed by atoms with van der Waals surface area (Å²) in [5.74, 6) is -1.01. The van der Waals surface area contributed by atoms with Crippen molar-refractivity contribution in [1.29, 1.82) is 0 Å². The second-order valence-electron chi connectivity index (χ2n) is 7.82. The smallest absolute Gasteiger partial charge is 0.321 e. The number of hydrogen-bond acceptors (Lipinski definition) is 2. The van der Waals surface area contributed by atoms with Crippen molar-refractivity contribution in [2.75, 3.05) is 25.0 Å². The average Bonchev–Trinajstić information content (AvgIpc) is 2.67. The number of rotatable bonds is 6. The lowest BCUT2D eigenvalue weighted by Gasteiger charge is -2.32. The molecule has 5 nitrogen and oxygen atoms in total. The first-order chi connectivity index (χ1) is 14.4. The van der Waals surface area contributed by atoms with Crippen molar-refractivity contribution in [2.45, 2.75) is 32.6 Å². The topological polar surface area (TPSA) is 61.4 Å². The molecule has 0 aliphatic carbocycles. The fourth-order valence-corrected chi connectivity index (χ4v) is 3.74. The van der Waals surface area contributed by atoms with E-state index in [0.717, 1.165) is 48.6 Å². The van der Waals surface area contributed by atoms with Gasteiger partial charge in [-0.3, -0.25) is 4.79 Å². The van der Waals surface area contributed by atoms with Crippen molar-refractivity contribution >= 4 is 17.6 Å². The number of nitrogens with one attached hydrogen (secondary N) is 2. The number of aryl methyl sites for hydroxylation is 1. The fraction of sp³-hybridized carbons (Fsp3) is 0.391. The van der Waals surface area contributed by atoms with E-state index in [9.17, 15) is 18.4 Å². The summed E-state index contributed by atoms with van der Waals surface area (Å²) in [6, 6.07) is 10.5.